The summed E-state index contributed by atoms with van der Waals surface area (Å²) < 4.78 is 0. The van der Waals surface area contributed by atoms with Crippen LogP contribution in [-0.2, 0) is 19.2 Å². The molecule has 6 rings (SSSR count). The second-order valence-electron chi connectivity index (χ2n) is 12.5. The van der Waals surface area contributed by atoms with Gasteiger partial charge < -0.3 is 10.0 Å². The van der Waals surface area contributed by atoms with Crippen molar-refractivity contribution in [2.24, 2.45) is 17.8 Å². The van der Waals surface area contributed by atoms with Crippen molar-refractivity contribution in [1.82, 2.24) is 0 Å². The Morgan fingerprint density at radius 3 is 2.02 bits per heavy atom. The smallest absolute Gasteiger partial charge is 0.301 e. The van der Waals surface area contributed by atoms with Crippen molar-refractivity contribution in [2.75, 3.05) is 23.9 Å². The molecule has 13 heteroatoms. The number of phenolic OH excluding ortho intramolecular Hbond substituents is 1. The molecule has 2 aromatic carbocycles. The van der Waals surface area contributed by atoms with Crippen LogP contribution in [0.3, 0.4) is 0 Å². The SMILES string of the molecule is CC1=CC(=O)C2=C(CC3C(=CCC4C(=O)N(c5cc([N+](=O)[O-])c(N(C)C)c([N+](=O)[O-])c5)C(=O)C43)C2c2cc(C)c(O)c(C)c2)C1=O. The lowest BCUT2D eigenvalue weighted by molar-refractivity contribution is -0.392. The van der Waals surface area contributed by atoms with Gasteiger partial charge in [0.05, 0.1) is 27.4 Å². The molecule has 1 fully saturated rings. The molecule has 46 heavy (non-hydrogen) atoms. The van der Waals surface area contributed by atoms with E-state index < -0.39 is 56.7 Å². The highest BCUT2D eigenvalue weighted by Crippen LogP contribution is 2.56. The molecule has 236 valence electrons. The van der Waals surface area contributed by atoms with Gasteiger partial charge in [0, 0.05) is 48.9 Å². The predicted molar refractivity (Wildman–Crippen MR) is 165 cm³/mol. The minimum Gasteiger partial charge on any atom is -0.507 e. The lowest BCUT2D eigenvalue weighted by Crippen LogP contribution is -2.39. The van der Waals surface area contributed by atoms with E-state index in [1.54, 1.807) is 32.9 Å². The average Bonchev–Trinajstić information content (AvgIpc) is 3.25. The fraction of sp³-hybridized carbons (Fsp3) is 0.333. The number of hydrogen-bond donors (Lipinski definition) is 1. The number of aryl methyl sites for hydroxylation is 2. The van der Waals surface area contributed by atoms with Gasteiger partial charge in [-0.25, -0.2) is 4.90 Å². The average molecular weight is 627 g/mol. The number of fused-ring (bicyclic) bond motifs is 3. The standard InChI is InChI=1S/C33H30N4O9/c1-14-8-17(9-15(2)30(14)39)26-19-6-7-20-27(21(19)13-22-28(26)25(38)10-16(3)31(22)40)33(42)35(32(20)41)18-11-23(36(43)44)29(34(4)5)24(12-18)37(45)46/h6,8-12,20-21,26-27,39H,7,13H2,1-5H3. The topological polar surface area (TPSA) is 181 Å². The molecule has 0 spiro atoms. The Labute approximate surface area is 262 Å². The van der Waals surface area contributed by atoms with Crippen molar-refractivity contribution in [3.05, 3.63) is 95.6 Å². The number of carbonyl (C=O) groups is 4. The molecule has 1 aliphatic heterocycles. The summed E-state index contributed by atoms with van der Waals surface area (Å²) in [5.41, 5.74) is 1.48. The predicted octanol–water partition coefficient (Wildman–Crippen LogP) is 4.53. The monoisotopic (exact) mass is 626 g/mol. The van der Waals surface area contributed by atoms with Gasteiger partial charge in [0.15, 0.2) is 17.3 Å². The Bertz CT molecular complexity index is 1880. The van der Waals surface area contributed by atoms with Crippen molar-refractivity contribution in [2.45, 2.75) is 39.5 Å². The molecule has 1 N–H and O–H groups in total. The van der Waals surface area contributed by atoms with E-state index in [1.165, 1.54) is 25.1 Å². The van der Waals surface area contributed by atoms with Gasteiger partial charge in [-0.3, -0.25) is 39.4 Å². The number of carbonyl (C=O) groups excluding carboxylic acids is 4. The summed E-state index contributed by atoms with van der Waals surface area (Å²) in [7, 11) is 2.83. The molecule has 2 aromatic rings. The number of Topliss-reactive ketones (excluding diaryl/α,β-unsaturated/α-hetero) is 1. The number of anilines is 2. The minimum atomic E-state index is -0.982. The molecule has 1 saturated heterocycles. The molecule has 4 unspecified atom stereocenters. The van der Waals surface area contributed by atoms with Crippen LogP contribution in [0.5, 0.6) is 5.75 Å². The number of rotatable bonds is 5. The first-order valence-corrected chi connectivity index (χ1v) is 14.7. The number of nitro groups is 2. The number of nitro benzene ring substituents is 2. The highest BCUT2D eigenvalue weighted by atomic mass is 16.6. The van der Waals surface area contributed by atoms with Crippen LogP contribution in [0.25, 0.3) is 0 Å². The van der Waals surface area contributed by atoms with Crippen molar-refractivity contribution in [1.29, 1.82) is 0 Å². The van der Waals surface area contributed by atoms with Crippen LogP contribution < -0.4 is 9.80 Å². The van der Waals surface area contributed by atoms with Crippen LogP contribution in [0.15, 0.2) is 58.7 Å². The number of ketones is 2. The molecule has 4 atom stereocenters. The van der Waals surface area contributed by atoms with Gasteiger partial charge in [-0.05, 0) is 62.3 Å². The molecule has 13 nitrogen and oxygen atoms in total. The van der Waals surface area contributed by atoms with Gasteiger partial charge in [-0.1, -0.05) is 23.8 Å². The summed E-state index contributed by atoms with van der Waals surface area (Å²) in [6, 6.07) is 5.48. The number of benzene rings is 2. The molecular weight excluding hydrogens is 596 g/mol. The lowest BCUT2D eigenvalue weighted by Gasteiger charge is -2.42. The van der Waals surface area contributed by atoms with Crippen LogP contribution in [0.2, 0.25) is 0 Å². The maximum absolute atomic E-state index is 14.3. The van der Waals surface area contributed by atoms with Gasteiger partial charge in [-0.2, -0.15) is 0 Å². The first-order valence-electron chi connectivity index (χ1n) is 14.7. The molecule has 0 saturated carbocycles. The van der Waals surface area contributed by atoms with Gasteiger partial charge in [0.25, 0.3) is 0 Å². The van der Waals surface area contributed by atoms with E-state index in [4.69, 9.17) is 0 Å². The lowest BCUT2D eigenvalue weighted by atomic mass is 9.59. The molecule has 0 aromatic heterocycles. The largest absolute Gasteiger partial charge is 0.507 e. The van der Waals surface area contributed by atoms with Crippen LogP contribution in [0, 0.1) is 51.8 Å². The van der Waals surface area contributed by atoms with E-state index in [9.17, 15) is 44.5 Å². The molecule has 4 aliphatic rings. The number of nitrogens with zero attached hydrogens (tertiary/aromatic N) is 4. The molecule has 2 amide bonds. The van der Waals surface area contributed by atoms with Crippen molar-refractivity contribution in [3.8, 4) is 5.75 Å². The summed E-state index contributed by atoms with van der Waals surface area (Å²) in [6.45, 7) is 5.00. The van der Waals surface area contributed by atoms with E-state index in [1.807, 2.05) is 6.08 Å². The second kappa shape index (κ2) is 10.6. The maximum Gasteiger partial charge on any atom is 0.301 e. The number of amides is 2. The fourth-order valence-corrected chi connectivity index (χ4v) is 7.63. The summed E-state index contributed by atoms with van der Waals surface area (Å²) >= 11 is 0. The number of phenols is 1. The van der Waals surface area contributed by atoms with Crippen molar-refractivity contribution >= 4 is 46.1 Å². The Morgan fingerprint density at radius 1 is 0.891 bits per heavy atom. The zero-order chi connectivity index (χ0) is 33.5. The Morgan fingerprint density at radius 2 is 1.48 bits per heavy atom. The van der Waals surface area contributed by atoms with E-state index in [0.29, 0.717) is 27.8 Å². The summed E-state index contributed by atoms with van der Waals surface area (Å²) in [5, 5.41) is 34.5. The molecule has 1 heterocycles. The van der Waals surface area contributed by atoms with Crippen molar-refractivity contribution in [3.63, 3.8) is 0 Å². The van der Waals surface area contributed by atoms with Gasteiger partial charge in [0.2, 0.25) is 11.8 Å². The number of hydrogen-bond acceptors (Lipinski definition) is 10. The Kier molecular flexibility index (Phi) is 7.02. The minimum absolute atomic E-state index is 0.0252. The summed E-state index contributed by atoms with van der Waals surface area (Å²) in [5.74, 6) is -5.14. The molecule has 0 radical (unpaired) electrons. The molecule has 0 bridgehead atoms. The molecular formula is C33H30N4O9. The zero-order valence-corrected chi connectivity index (χ0v) is 25.7. The third-order valence-electron chi connectivity index (χ3n) is 9.56. The van der Waals surface area contributed by atoms with E-state index in [0.717, 1.165) is 17.0 Å². The summed E-state index contributed by atoms with van der Waals surface area (Å²) in [6.07, 6.45) is 3.28. The second-order valence-corrected chi connectivity index (χ2v) is 12.5. The zero-order valence-electron chi connectivity index (χ0n) is 25.7. The normalized spacial score (nSPS) is 23.9. The first kappa shape index (κ1) is 30.6. The Hall–Kier alpha value is -5.46. The van der Waals surface area contributed by atoms with Gasteiger partial charge >= 0.3 is 11.4 Å². The Balaban J connectivity index is 1.50. The van der Waals surface area contributed by atoms with Crippen LogP contribution in [0.1, 0.15) is 42.4 Å². The third kappa shape index (κ3) is 4.37. The van der Waals surface area contributed by atoms with Gasteiger partial charge in [0.1, 0.15) is 5.75 Å². The fourth-order valence-electron chi connectivity index (χ4n) is 7.63. The van der Waals surface area contributed by atoms with Crippen LogP contribution in [0.4, 0.5) is 22.7 Å². The first-order chi connectivity index (χ1) is 21.6. The van der Waals surface area contributed by atoms with Gasteiger partial charge in [-0.15, -0.1) is 0 Å². The van der Waals surface area contributed by atoms with Crippen molar-refractivity contribution < 1.29 is 34.1 Å². The maximum atomic E-state index is 14.3. The highest BCUT2D eigenvalue weighted by Gasteiger charge is 2.57. The van der Waals surface area contributed by atoms with E-state index in [2.05, 4.69) is 0 Å². The summed E-state index contributed by atoms with van der Waals surface area (Å²) in [4.78, 5) is 79.6. The van der Waals surface area contributed by atoms with Crippen LogP contribution in [-0.4, -0.2) is 52.4 Å². The quantitative estimate of drug-likeness (QED) is 0.163. The molecule has 3 aliphatic carbocycles. The number of allylic oxidation sites excluding steroid dienone is 6. The van der Waals surface area contributed by atoms with Crippen LogP contribution >= 0.6 is 0 Å². The number of aromatic hydroxyl groups is 1. The van der Waals surface area contributed by atoms with E-state index in [-0.39, 0.29) is 52.7 Å². The third-order valence-corrected chi connectivity index (χ3v) is 9.56. The number of imide groups is 1. The van der Waals surface area contributed by atoms with E-state index >= 15 is 0 Å². The highest BCUT2D eigenvalue weighted by molar-refractivity contribution is 6.25.